The Morgan fingerprint density at radius 1 is 0.943 bits per heavy atom. The van der Waals surface area contributed by atoms with Crippen molar-refractivity contribution in [3.8, 4) is 11.5 Å². The van der Waals surface area contributed by atoms with E-state index in [9.17, 15) is 26.3 Å². The van der Waals surface area contributed by atoms with Gasteiger partial charge in [-0.3, -0.25) is 0 Å². The highest BCUT2D eigenvalue weighted by Crippen LogP contribution is 2.50. The molecule has 2 aliphatic heterocycles. The molecule has 35 heavy (non-hydrogen) atoms. The van der Waals surface area contributed by atoms with Crippen LogP contribution >= 0.6 is 12.4 Å². The minimum atomic E-state index is -4.55. The van der Waals surface area contributed by atoms with Crippen LogP contribution in [0.4, 0.5) is 26.3 Å². The zero-order chi connectivity index (χ0) is 24.4. The van der Waals surface area contributed by atoms with Crippen molar-refractivity contribution in [2.45, 2.75) is 49.2 Å². The first-order chi connectivity index (χ1) is 16.0. The second-order valence-electron chi connectivity index (χ2n) is 8.69. The summed E-state index contributed by atoms with van der Waals surface area (Å²) in [6.45, 7) is -2.00. The number of hydrogen-bond donors (Lipinski definition) is 1. The first-order valence-electron chi connectivity index (χ1n) is 11.0. The lowest BCUT2D eigenvalue weighted by Crippen LogP contribution is -2.48. The van der Waals surface area contributed by atoms with Gasteiger partial charge in [0.05, 0.1) is 18.2 Å². The topological polar surface area (TPSA) is 39.7 Å². The molecule has 11 heteroatoms. The van der Waals surface area contributed by atoms with Crippen LogP contribution in [-0.4, -0.2) is 44.3 Å². The Morgan fingerprint density at radius 3 is 2.31 bits per heavy atom. The van der Waals surface area contributed by atoms with Crippen molar-refractivity contribution in [2.75, 3.05) is 26.4 Å². The standard InChI is InChI=1S/C24H25F6NO3.ClH/c25-23(26,27)14-32-18-7-8-20(33-15-24(28,29)30)19(11-18)17-12-22(34-13-17)9-4-10-31-21(22)16-5-2-1-3-6-16;/h1-3,5-8,11,17,21,31H,4,9-10,12-15H2;1H/t17-,21+,22-;/m1./s1. The molecule has 0 unspecified atom stereocenters. The molecule has 4 nitrogen and oxygen atoms in total. The largest absolute Gasteiger partial charge is 0.484 e. The molecular weight excluding hydrogens is 500 g/mol. The van der Waals surface area contributed by atoms with E-state index in [1.54, 1.807) is 0 Å². The number of ether oxygens (including phenoxy) is 3. The van der Waals surface area contributed by atoms with Crippen LogP contribution in [0.5, 0.6) is 11.5 Å². The molecule has 2 saturated heterocycles. The fourth-order valence-corrected chi connectivity index (χ4v) is 4.80. The molecule has 194 valence electrons. The van der Waals surface area contributed by atoms with Crippen LogP contribution in [0.3, 0.4) is 0 Å². The smallest absolute Gasteiger partial charge is 0.422 e. The van der Waals surface area contributed by atoms with Gasteiger partial charge in [-0.05, 0) is 49.6 Å². The Balaban J connectivity index is 0.00000342. The first-order valence-corrected chi connectivity index (χ1v) is 11.0. The maximum Gasteiger partial charge on any atom is 0.422 e. The number of hydrogen-bond acceptors (Lipinski definition) is 4. The molecule has 2 fully saturated rings. The molecule has 1 N–H and O–H groups in total. The van der Waals surface area contributed by atoms with E-state index in [1.165, 1.54) is 18.2 Å². The van der Waals surface area contributed by atoms with E-state index in [0.717, 1.165) is 24.9 Å². The van der Waals surface area contributed by atoms with Gasteiger partial charge >= 0.3 is 12.4 Å². The number of alkyl halides is 6. The summed E-state index contributed by atoms with van der Waals surface area (Å²) in [7, 11) is 0. The van der Waals surface area contributed by atoms with Gasteiger partial charge in [-0.1, -0.05) is 30.3 Å². The molecule has 0 amide bonds. The van der Waals surface area contributed by atoms with Crippen molar-refractivity contribution >= 4 is 12.4 Å². The average molecular weight is 526 g/mol. The van der Waals surface area contributed by atoms with E-state index in [1.807, 2.05) is 30.3 Å². The molecule has 3 atom stereocenters. The van der Waals surface area contributed by atoms with Gasteiger partial charge in [-0.15, -0.1) is 12.4 Å². The minimum absolute atomic E-state index is 0. The van der Waals surface area contributed by atoms with Crippen LogP contribution in [0, 0.1) is 0 Å². The summed E-state index contributed by atoms with van der Waals surface area (Å²) in [4.78, 5) is 0. The van der Waals surface area contributed by atoms with Crippen molar-refractivity contribution < 1.29 is 40.6 Å². The fourth-order valence-electron chi connectivity index (χ4n) is 4.80. The summed E-state index contributed by atoms with van der Waals surface area (Å²) in [6, 6.07) is 13.4. The summed E-state index contributed by atoms with van der Waals surface area (Å²) in [5, 5.41) is 3.49. The molecule has 0 aromatic heterocycles. The molecule has 0 aliphatic carbocycles. The van der Waals surface area contributed by atoms with E-state index in [4.69, 9.17) is 14.2 Å². The summed E-state index contributed by atoms with van der Waals surface area (Å²) >= 11 is 0. The maximum atomic E-state index is 12.8. The summed E-state index contributed by atoms with van der Waals surface area (Å²) in [5.41, 5.74) is 0.797. The van der Waals surface area contributed by atoms with E-state index in [2.05, 4.69) is 5.32 Å². The van der Waals surface area contributed by atoms with Gasteiger partial charge in [0, 0.05) is 11.5 Å². The Kier molecular flexibility index (Phi) is 8.49. The maximum absolute atomic E-state index is 12.8. The third kappa shape index (κ3) is 6.95. The SMILES string of the molecule is Cl.FC(F)(F)COc1ccc(OCC(F)(F)F)c([C@H]2CO[C@]3(CCCN[C@H]3c3ccccc3)C2)c1. The zero-order valence-electron chi connectivity index (χ0n) is 18.6. The van der Waals surface area contributed by atoms with Crippen LogP contribution in [0.2, 0.25) is 0 Å². The van der Waals surface area contributed by atoms with Gasteiger partial charge in [-0.25, -0.2) is 0 Å². The predicted molar refractivity (Wildman–Crippen MR) is 119 cm³/mol. The predicted octanol–water partition coefficient (Wildman–Crippen LogP) is 6.36. The fraction of sp³-hybridized carbons (Fsp3) is 0.500. The first kappa shape index (κ1) is 27.4. The molecule has 2 aromatic rings. The lowest BCUT2D eigenvalue weighted by molar-refractivity contribution is -0.154. The van der Waals surface area contributed by atoms with Gasteiger partial charge in [0.25, 0.3) is 0 Å². The lowest BCUT2D eigenvalue weighted by Gasteiger charge is -2.41. The molecule has 1 spiro atoms. The van der Waals surface area contributed by atoms with Crippen molar-refractivity contribution in [1.29, 1.82) is 0 Å². The number of nitrogens with one attached hydrogen (secondary N) is 1. The highest BCUT2D eigenvalue weighted by molar-refractivity contribution is 5.85. The lowest BCUT2D eigenvalue weighted by atomic mass is 9.77. The Morgan fingerprint density at radius 2 is 1.63 bits per heavy atom. The number of halogens is 7. The van der Waals surface area contributed by atoms with Gasteiger partial charge in [0.1, 0.15) is 11.5 Å². The van der Waals surface area contributed by atoms with Crippen molar-refractivity contribution in [1.82, 2.24) is 5.32 Å². The van der Waals surface area contributed by atoms with Gasteiger partial charge in [0.15, 0.2) is 13.2 Å². The Bertz CT molecular complexity index is 972. The van der Waals surface area contributed by atoms with E-state index in [-0.39, 0.29) is 42.5 Å². The molecule has 0 radical (unpaired) electrons. The molecule has 0 saturated carbocycles. The molecule has 2 heterocycles. The molecule has 2 aromatic carbocycles. The monoisotopic (exact) mass is 525 g/mol. The van der Waals surface area contributed by atoms with E-state index in [0.29, 0.717) is 12.0 Å². The van der Waals surface area contributed by atoms with Crippen LogP contribution in [0.25, 0.3) is 0 Å². The van der Waals surface area contributed by atoms with Crippen molar-refractivity contribution in [3.05, 3.63) is 59.7 Å². The van der Waals surface area contributed by atoms with Crippen LogP contribution in [0.15, 0.2) is 48.5 Å². The minimum Gasteiger partial charge on any atom is -0.484 e. The Labute approximate surface area is 205 Å². The van der Waals surface area contributed by atoms with Gasteiger partial charge < -0.3 is 19.5 Å². The van der Waals surface area contributed by atoms with E-state index < -0.39 is 31.2 Å². The van der Waals surface area contributed by atoms with Gasteiger partial charge in [-0.2, -0.15) is 26.3 Å². The quantitative estimate of drug-likeness (QED) is 0.446. The van der Waals surface area contributed by atoms with Crippen molar-refractivity contribution in [2.24, 2.45) is 0 Å². The highest BCUT2D eigenvalue weighted by atomic mass is 35.5. The summed E-state index contributed by atoms with van der Waals surface area (Å²) in [5.74, 6) is -0.500. The zero-order valence-corrected chi connectivity index (χ0v) is 19.4. The molecular formula is C24H26ClF6NO3. The molecule has 2 aliphatic rings. The number of benzene rings is 2. The summed E-state index contributed by atoms with van der Waals surface area (Å²) in [6.07, 6.45) is -7.00. The second-order valence-corrected chi connectivity index (χ2v) is 8.69. The van der Waals surface area contributed by atoms with E-state index >= 15 is 0 Å². The Hall–Kier alpha value is -2.17. The highest BCUT2D eigenvalue weighted by Gasteiger charge is 2.49. The molecule has 0 bridgehead atoms. The van der Waals surface area contributed by atoms with Gasteiger partial charge in [0.2, 0.25) is 0 Å². The average Bonchev–Trinajstić information content (AvgIpc) is 3.20. The summed E-state index contributed by atoms with van der Waals surface area (Å²) < 4.78 is 92.4. The van der Waals surface area contributed by atoms with Crippen LogP contribution in [-0.2, 0) is 4.74 Å². The van der Waals surface area contributed by atoms with Crippen molar-refractivity contribution in [3.63, 3.8) is 0 Å². The number of rotatable bonds is 6. The molecule has 4 rings (SSSR count). The third-order valence-electron chi connectivity index (χ3n) is 6.16. The van der Waals surface area contributed by atoms with Crippen LogP contribution in [0.1, 0.15) is 42.3 Å². The van der Waals surface area contributed by atoms with Crippen LogP contribution < -0.4 is 14.8 Å². The second kappa shape index (κ2) is 10.8. The number of piperidine rings is 1. The normalized spacial score (nSPS) is 24.7. The third-order valence-corrected chi connectivity index (χ3v) is 6.16.